The zero-order valence-electron chi connectivity index (χ0n) is 8.00. The number of benzene rings is 1. The van der Waals surface area contributed by atoms with Gasteiger partial charge in [0.1, 0.15) is 24.0 Å². The van der Waals surface area contributed by atoms with Crippen molar-refractivity contribution in [2.24, 2.45) is 5.73 Å². The van der Waals surface area contributed by atoms with E-state index in [1.165, 1.54) is 0 Å². The Morgan fingerprint density at radius 3 is 2.20 bits per heavy atom. The molecule has 0 spiro atoms. The van der Waals surface area contributed by atoms with E-state index >= 15 is 0 Å². The summed E-state index contributed by atoms with van der Waals surface area (Å²) in [5.41, 5.74) is 5.48. The van der Waals surface area contributed by atoms with Gasteiger partial charge in [-0.05, 0) is 12.8 Å². The molecule has 0 aromatic heterocycles. The van der Waals surface area contributed by atoms with E-state index in [0.29, 0.717) is 6.61 Å². The average Bonchev–Trinajstić information content (AvgIpc) is 2.80. The van der Waals surface area contributed by atoms with Crippen LogP contribution in [0.4, 0.5) is 8.78 Å². The lowest BCUT2D eigenvalue weighted by molar-refractivity contribution is 0.277. The van der Waals surface area contributed by atoms with Crippen LogP contribution in [0.3, 0.4) is 0 Å². The molecule has 15 heavy (non-hydrogen) atoms. The van der Waals surface area contributed by atoms with Gasteiger partial charge in [0.15, 0.2) is 0 Å². The first-order valence-corrected chi connectivity index (χ1v) is 4.45. The quantitative estimate of drug-likeness (QED) is 0.872. The predicted octanol–water partition coefficient (Wildman–Crippen LogP) is 2.26. The zero-order valence-corrected chi connectivity index (χ0v) is 8.82. The molecule has 0 unspecified atom stereocenters. The zero-order chi connectivity index (χ0) is 10.2. The Labute approximate surface area is 92.8 Å². The van der Waals surface area contributed by atoms with E-state index in [1.807, 2.05) is 0 Å². The second-order valence-corrected chi connectivity index (χ2v) is 3.76. The number of hydrogen-bond donors (Lipinski definition) is 1. The minimum atomic E-state index is -0.637. The van der Waals surface area contributed by atoms with Crippen molar-refractivity contribution in [3.8, 4) is 5.75 Å². The Morgan fingerprint density at radius 2 is 1.73 bits per heavy atom. The molecular weight excluding hydrogens is 224 g/mol. The molecule has 0 heterocycles. The van der Waals surface area contributed by atoms with Crippen molar-refractivity contribution >= 4 is 12.4 Å². The van der Waals surface area contributed by atoms with Crippen molar-refractivity contribution in [1.82, 2.24) is 0 Å². The Morgan fingerprint density at radius 1 is 1.20 bits per heavy atom. The van der Waals surface area contributed by atoms with Gasteiger partial charge in [-0.15, -0.1) is 12.4 Å². The van der Waals surface area contributed by atoms with Crippen LogP contribution in [0.2, 0.25) is 0 Å². The molecule has 0 atom stereocenters. The first kappa shape index (κ1) is 12.2. The topological polar surface area (TPSA) is 35.2 Å². The number of hydrogen-bond acceptors (Lipinski definition) is 2. The third kappa shape index (κ3) is 3.32. The van der Waals surface area contributed by atoms with Gasteiger partial charge < -0.3 is 10.5 Å². The Balaban J connectivity index is 0.00000112. The van der Waals surface area contributed by atoms with Crippen LogP contribution < -0.4 is 10.5 Å². The summed E-state index contributed by atoms with van der Waals surface area (Å²) in [6, 6.07) is 3.10. The van der Waals surface area contributed by atoms with E-state index in [0.717, 1.165) is 31.0 Å². The van der Waals surface area contributed by atoms with Gasteiger partial charge in [-0.1, -0.05) is 0 Å². The maximum absolute atomic E-state index is 12.7. The molecular formula is C10H12ClF2NO. The second kappa shape index (κ2) is 4.33. The van der Waals surface area contributed by atoms with Gasteiger partial charge >= 0.3 is 0 Å². The number of halogens is 3. The summed E-state index contributed by atoms with van der Waals surface area (Å²) < 4.78 is 30.6. The SMILES string of the molecule is Cl.NC1(COc2cc(F)cc(F)c2)CC1. The summed E-state index contributed by atoms with van der Waals surface area (Å²) >= 11 is 0. The summed E-state index contributed by atoms with van der Waals surface area (Å²) in [4.78, 5) is 0. The lowest BCUT2D eigenvalue weighted by atomic mass is 10.3. The molecule has 0 aliphatic heterocycles. The molecule has 0 amide bonds. The van der Waals surface area contributed by atoms with Gasteiger partial charge in [0, 0.05) is 18.2 Å². The Hall–Kier alpha value is -0.870. The van der Waals surface area contributed by atoms with Crippen molar-refractivity contribution in [3.05, 3.63) is 29.8 Å². The predicted molar refractivity (Wildman–Crippen MR) is 55.3 cm³/mol. The van der Waals surface area contributed by atoms with Crippen molar-refractivity contribution in [2.45, 2.75) is 18.4 Å². The van der Waals surface area contributed by atoms with Crippen LogP contribution >= 0.6 is 12.4 Å². The minimum Gasteiger partial charge on any atom is -0.491 e. The van der Waals surface area contributed by atoms with Crippen molar-refractivity contribution in [1.29, 1.82) is 0 Å². The van der Waals surface area contributed by atoms with Gasteiger partial charge in [-0.2, -0.15) is 0 Å². The molecule has 2 rings (SSSR count). The van der Waals surface area contributed by atoms with Crippen LogP contribution in [0.15, 0.2) is 18.2 Å². The molecule has 1 aliphatic rings. The first-order valence-electron chi connectivity index (χ1n) is 4.45. The van der Waals surface area contributed by atoms with Crippen LogP contribution in [0.5, 0.6) is 5.75 Å². The standard InChI is InChI=1S/C10H11F2NO.ClH/c11-7-3-8(12)5-9(4-7)14-6-10(13)1-2-10;/h3-5H,1-2,6,13H2;1H. The van der Waals surface area contributed by atoms with E-state index in [2.05, 4.69) is 0 Å². The Kier molecular flexibility index (Phi) is 3.52. The maximum atomic E-state index is 12.7. The largest absolute Gasteiger partial charge is 0.491 e. The minimum absolute atomic E-state index is 0. The normalized spacial score (nSPS) is 16.7. The van der Waals surface area contributed by atoms with Crippen LogP contribution in [0, 0.1) is 11.6 Å². The molecule has 84 valence electrons. The summed E-state index contributed by atoms with van der Waals surface area (Å²) in [6.45, 7) is 0.315. The van der Waals surface area contributed by atoms with E-state index in [9.17, 15) is 8.78 Å². The summed E-state index contributed by atoms with van der Waals surface area (Å²) in [5, 5.41) is 0. The fourth-order valence-corrected chi connectivity index (χ4v) is 1.14. The van der Waals surface area contributed by atoms with Crippen LogP contribution in [-0.2, 0) is 0 Å². The van der Waals surface area contributed by atoms with Gasteiger partial charge in [0.2, 0.25) is 0 Å². The van der Waals surface area contributed by atoms with Crippen molar-refractivity contribution < 1.29 is 13.5 Å². The number of rotatable bonds is 3. The smallest absolute Gasteiger partial charge is 0.129 e. The molecule has 5 heteroatoms. The lowest BCUT2D eigenvalue weighted by Crippen LogP contribution is -2.29. The van der Waals surface area contributed by atoms with Crippen molar-refractivity contribution in [2.75, 3.05) is 6.61 Å². The fourth-order valence-electron chi connectivity index (χ4n) is 1.14. The second-order valence-electron chi connectivity index (χ2n) is 3.76. The molecule has 2 nitrogen and oxygen atoms in total. The van der Waals surface area contributed by atoms with Gasteiger partial charge in [-0.25, -0.2) is 8.78 Å². The molecule has 0 radical (unpaired) electrons. The fraction of sp³-hybridized carbons (Fsp3) is 0.400. The monoisotopic (exact) mass is 235 g/mol. The lowest BCUT2D eigenvalue weighted by Gasteiger charge is -2.10. The molecule has 2 N–H and O–H groups in total. The molecule has 0 bridgehead atoms. The van der Waals surface area contributed by atoms with Crippen LogP contribution in [-0.4, -0.2) is 12.1 Å². The highest BCUT2D eigenvalue weighted by Gasteiger charge is 2.39. The van der Waals surface area contributed by atoms with E-state index in [1.54, 1.807) is 0 Å². The summed E-state index contributed by atoms with van der Waals surface area (Å²) in [6.07, 6.45) is 1.82. The highest BCUT2D eigenvalue weighted by molar-refractivity contribution is 5.85. The molecule has 1 fully saturated rings. The molecule has 1 aromatic carbocycles. The van der Waals surface area contributed by atoms with Gasteiger partial charge in [-0.3, -0.25) is 0 Å². The third-order valence-corrected chi connectivity index (χ3v) is 2.25. The van der Waals surface area contributed by atoms with Gasteiger partial charge in [0.05, 0.1) is 5.54 Å². The Bertz CT molecular complexity index is 335. The third-order valence-electron chi connectivity index (χ3n) is 2.25. The first-order chi connectivity index (χ1) is 6.57. The van der Waals surface area contributed by atoms with Crippen molar-refractivity contribution in [3.63, 3.8) is 0 Å². The highest BCUT2D eigenvalue weighted by atomic mass is 35.5. The average molecular weight is 236 g/mol. The molecule has 1 saturated carbocycles. The molecule has 1 aromatic rings. The number of ether oxygens (including phenoxy) is 1. The summed E-state index contributed by atoms with van der Waals surface area (Å²) in [5.74, 6) is -1.08. The van der Waals surface area contributed by atoms with E-state index in [4.69, 9.17) is 10.5 Å². The maximum Gasteiger partial charge on any atom is 0.129 e. The number of nitrogens with two attached hydrogens (primary N) is 1. The van der Waals surface area contributed by atoms with Gasteiger partial charge in [0.25, 0.3) is 0 Å². The van der Waals surface area contributed by atoms with E-state index in [-0.39, 0.29) is 23.7 Å². The van der Waals surface area contributed by atoms with E-state index < -0.39 is 11.6 Å². The summed E-state index contributed by atoms with van der Waals surface area (Å²) in [7, 11) is 0. The van der Waals surface area contributed by atoms with Crippen LogP contribution in [0.1, 0.15) is 12.8 Å². The highest BCUT2D eigenvalue weighted by Crippen LogP contribution is 2.32. The van der Waals surface area contributed by atoms with Crippen LogP contribution in [0.25, 0.3) is 0 Å². The molecule has 0 saturated heterocycles. The molecule has 1 aliphatic carbocycles.